The zero-order valence-corrected chi connectivity index (χ0v) is 13.5. The Bertz CT molecular complexity index is 736. The Morgan fingerprint density at radius 3 is 3.00 bits per heavy atom. The second-order valence-corrected chi connectivity index (χ2v) is 6.54. The third-order valence-corrected chi connectivity index (χ3v) is 5.04. The van der Waals surface area contributed by atoms with Crippen molar-refractivity contribution in [3.63, 3.8) is 0 Å². The number of carbonyl (C=O) groups excluding carboxylic acids is 1. The molecule has 4 rings (SSSR count). The first kappa shape index (κ1) is 14.4. The fourth-order valence-corrected chi connectivity index (χ4v) is 3.74. The summed E-state index contributed by atoms with van der Waals surface area (Å²) in [5.41, 5.74) is 3.53. The summed E-state index contributed by atoms with van der Waals surface area (Å²) in [6, 6.07) is 6.31. The standard InChI is InChI=1S/C18H22N4O/c1-2-16-20-21-17-9-8-15(11-22(16)17)19-18(23)14-7-6-12-4-3-5-13(12)10-14/h6-7,10,15H,2-5,8-9,11H2,1H3,(H,19,23)/t15-/m1/s1. The molecule has 23 heavy (non-hydrogen) atoms. The summed E-state index contributed by atoms with van der Waals surface area (Å²) in [5, 5.41) is 11.7. The molecule has 0 bridgehead atoms. The summed E-state index contributed by atoms with van der Waals surface area (Å²) < 4.78 is 2.16. The number of hydrogen-bond acceptors (Lipinski definition) is 3. The van der Waals surface area contributed by atoms with Crippen molar-refractivity contribution in [3.05, 3.63) is 46.5 Å². The molecular formula is C18H22N4O. The van der Waals surface area contributed by atoms with Crippen LogP contribution in [0.5, 0.6) is 0 Å². The van der Waals surface area contributed by atoms with Crippen molar-refractivity contribution in [2.24, 2.45) is 0 Å². The number of nitrogens with zero attached hydrogens (tertiary/aromatic N) is 3. The van der Waals surface area contributed by atoms with Gasteiger partial charge in [0.25, 0.3) is 5.91 Å². The molecule has 120 valence electrons. The normalized spacial score (nSPS) is 19.3. The van der Waals surface area contributed by atoms with E-state index in [1.165, 1.54) is 17.5 Å². The largest absolute Gasteiger partial charge is 0.347 e. The summed E-state index contributed by atoms with van der Waals surface area (Å²) in [6.07, 6.45) is 6.14. The zero-order chi connectivity index (χ0) is 15.8. The molecule has 1 atom stereocenters. The topological polar surface area (TPSA) is 59.8 Å². The van der Waals surface area contributed by atoms with Gasteiger partial charge in [0.1, 0.15) is 11.6 Å². The number of benzene rings is 1. The van der Waals surface area contributed by atoms with E-state index in [2.05, 4.69) is 39.1 Å². The van der Waals surface area contributed by atoms with Crippen LogP contribution in [-0.4, -0.2) is 26.7 Å². The molecule has 5 heteroatoms. The minimum atomic E-state index is 0.0410. The van der Waals surface area contributed by atoms with E-state index in [0.717, 1.165) is 55.9 Å². The molecule has 1 aliphatic carbocycles. The Morgan fingerprint density at radius 2 is 2.13 bits per heavy atom. The summed E-state index contributed by atoms with van der Waals surface area (Å²) in [5.74, 6) is 2.10. The minimum absolute atomic E-state index is 0.0410. The van der Waals surface area contributed by atoms with E-state index in [1.54, 1.807) is 0 Å². The van der Waals surface area contributed by atoms with Crippen LogP contribution < -0.4 is 5.32 Å². The Morgan fingerprint density at radius 1 is 1.26 bits per heavy atom. The van der Waals surface area contributed by atoms with Crippen LogP contribution in [0.1, 0.15) is 52.9 Å². The molecule has 0 radical (unpaired) electrons. The summed E-state index contributed by atoms with van der Waals surface area (Å²) in [6.45, 7) is 2.87. The average molecular weight is 310 g/mol. The van der Waals surface area contributed by atoms with Gasteiger partial charge in [0.05, 0.1) is 0 Å². The minimum Gasteiger partial charge on any atom is -0.347 e. The van der Waals surface area contributed by atoms with Crippen LogP contribution >= 0.6 is 0 Å². The van der Waals surface area contributed by atoms with Gasteiger partial charge in [-0.3, -0.25) is 4.79 Å². The Labute approximate surface area is 136 Å². The molecule has 1 amide bonds. The highest BCUT2D eigenvalue weighted by Gasteiger charge is 2.24. The van der Waals surface area contributed by atoms with Gasteiger partial charge < -0.3 is 9.88 Å². The molecule has 1 aliphatic heterocycles. The molecule has 2 heterocycles. The number of nitrogens with one attached hydrogen (secondary N) is 1. The predicted octanol–water partition coefficient (Wildman–Crippen LogP) is 2.07. The first-order valence-electron chi connectivity index (χ1n) is 8.58. The second-order valence-electron chi connectivity index (χ2n) is 6.54. The van der Waals surface area contributed by atoms with Gasteiger partial charge in [0.15, 0.2) is 0 Å². The quantitative estimate of drug-likeness (QED) is 0.944. The fourth-order valence-electron chi connectivity index (χ4n) is 3.74. The highest BCUT2D eigenvalue weighted by atomic mass is 16.1. The molecule has 0 saturated carbocycles. The van der Waals surface area contributed by atoms with E-state index in [0.29, 0.717) is 0 Å². The summed E-state index contributed by atoms with van der Waals surface area (Å²) >= 11 is 0. The van der Waals surface area contributed by atoms with E-state index in [4.69, 9.17) is 0 Å². The third kappa shape index (κ3) is 2.64. The molecular weight excluding hydrogens is 288 g/mol. The van der Waals surface area contributed by atoms with Crippen molar-refractivity contribution in [3.8, 4) is 0 Å². The van der Waals surface area contributed by atoms with Crippen LogP contribution in [0.4, 0.5) is 0 Å². The first-order valence-corrected chi connectivity index (χ1v) is 8.58. The smallest absolute Gasteiger partial charge is 0.251 e. The van der Waals surface area contributed by atoms with E-state index < -0.39 is 0 Å². The molecule has 0 fully saturated rings. The van der Waals surface area contributed by atoms with Crippen molar-refractivity contribution < 1.29 is 4.79 Å². The fraction of sp³-hybridized carbons (Fsp3) is 0.500. The lowest BCUT2D eigenvalue weighted by Gasteiger charge is -2.25. The van der Waals surface area contributed by atoms with Gasteiger partial charge in [-0.25, -0.2) is 0 Å². The van der Waals surface area contributed by atoms with Crippen molar-refractivity contribution in [1.82, 2.24) is 20.1 Å². The molecule has 0 saturated heterocycles. The SMILES string of the molecule is CCc1nnc2n1C[C@H](NC(=O)c1ccc3c(c1)CCC3)CC2. The van der Waals surface area contributed by atoms with Crippen LogP contribution in [0.25, 0.3) is 0 Å². The summed E-state index contributed by atoms with van der Waals surface area (Å²) in [7, 11) is 0. The molecule has 2 aliphatic rings. The van der Waals surface area contributed by atoms with Gasteiger partial charge in [-0.15, -0.1) is 10.2 Å². The first-order chi connectivity index (χ1) is 11.2. The zero-order valence-electron chi connectivity index (χ0n) is 13.5. The second kappa shape index (κ2) is 5.80. The van der Waals surface area contributed by atoms with Crippen LogP contribution in [0.15, 0.2) is 18.2 Å². The molecule has 1 aromatic heterocycles. The number of rotatable bonds is 3. The Balaban J connectivity index is 1.47. The van der Waals surface area contributed by atoms with Crippen LogP contribution in [0.3, 0.4) is 0 Å². The van der Waals surface area contributed by atoms with Crippen molar-refractivity contribution >= 4 is 5.91 Å². The lowest BCUT2D eigenvalue weighted by molar-refractivity contribution is 0.0927. The van der Waals surface area contributed by atoms with Gasteiger partial charge >= 0.3 is 0 Å². The Kier molecular flexibility index (Phi) is 3.63. The van der Waals surface area contributed by atoms with Crippen LogP contribution in [-0.2, 0) is 32.2 Å². The number of hydrogen-bond donors (Lipinski definition) is 1. The number of amides is 1. The predicted molar refractivity (Wildman–Crippen MR) is 87.4 cm³/mol. The van der Waals surface area contributed by atoms with Gasteiger partial charge in [0, 0.05) is 31.0 Å². The lowest BCUT2D eigenvalue weighted by atomic mass is 10.0. The van der Waals surface area contributed by atoms with Crippen LogP contribution in [0, 0.1) is 0 Å². The van der Waals surface area contributed by atoms with Crippen molar-refractivity contribution in [2.45, 2.75) is 58.0 Å². The van der Waals surface area contributed by atoms with Gasteiger partial charge in [-0.05, 0) is 48.9 Å². The molecule has 0 spiro atoms. The maximum absolute atomic E-state index is 12.6. The third-order valence-electron chi connectivity index (χ3n) is 5.04. The highest BCUT2D eigenvalue weighted by Crippen LogP contribution is 2.23. The van der Waals surface area contributed by atoms with E-state index in [-0.39, 0.29) is 11.9 Å². The monoisotopic (exact) mass is 310 g/mol. The summed E-state index contributed by atoms with van der Waals surface area (Å²) in [4.78, 5) is 12.6. The van der Waals surface area contributed by atoms with E-state index in [1.807, 2.05) is 6.07 Å². The van der Waals surface area contributed by atoms with Crippen molar-refractivity contribution in [1.29, 1.82) is 0 Å². The number of fused-ring (bicyclic) bond motifs is 2. The van der Waals surface area contributed by atoms with Gasteiger partial charge in [0.2, 0.25) is 0 Å². The van der Waals surface area contributed by atoms with Gasteiger partial charge in [-0.2, -0.15) is 0 Å². The maximum atomic E-state index is 12.6. The average Bonchev–Trinajstić information content (AvgIpc) is 3.20. The maximum Gasteiger partial charge on any atom is 0.251 e. The molecule has 1 aromatic carbocycles. The van der Waals surface area contributed by atoms with Gasteiger partial charge in [-0.1, -0.05) is 13.0 Å². The number of aryl methyl sites for hydroxylation is 4. The van der Waals surface area contributed by atoms with Crippen molar-refractivity contribution in [2.75, 3.05) is 0 Å². The molecule has 1 N–H and O–H groups in total. The molecule has 0 unspecified atom stereocenters. The number of aromatic nitrogens is 3. The lowest BCUT2D eigenvalue weighted by Crippen LogP contribution is -2.41. The highest BCUT2D eigenvalue weighted by molar-refractivity contribution is 5.94. The molecule has 2 aromatic rings. The Hall–Kier alpha value is -2.17. The van der Waals surface area contributed by atoms with Crippen LogP contribution in [0.2, 0.25) is 0 Å². The van der Waals surface area contributed by atoms with E-state index in [9.17, 15) is 4.79 Å². The van der Waals surface area contributed by atoms with E-state index >= 15 is 0 Å². The number of carbonyl (C=O) groups is 1. The molecule has 5 nitrogen and oxygen atoms in total.